The highest BCUT2D eigenvalue weighted by atomic mass is 32.2. The number of rotatable bonds is 11. The summed E-state index contributed by atoms with van der Waals surface area (Å²) in [7, 11) is -3.76. The summed E-state index contributed by atoms with van der Waals surface area (Å²) in [6.07, 6.45) is 2.27. The highest BCUT2D eigenvalue weighted by Crippen LogP contribution is 2.27. The van der Waals surface area contributed by atoms with Gasteiger partial charge >= 0.3 is 0 Å². The van der Waals surface area contributed by atoms with Gasteiger partial charge in [-0.25, -0.2) is 8.42 Å². The number of amides is 2. The fraction of sp³-hybridized carbons (Fsp3) is 0.481. The van der Waals surface area contributed by atoms with Gasteiger partial charge in [0, 0.05) is 12.6 Å². The van der Waals surface area contributed by atoms with E-state index in [1.54, 1.807) is 0 Å². The molecular formula is C27H39N3O4S. The lowest BCUT2D eigenvalue weighted by molar-refractivity contribution is -0.140. The molecule has 0 radical (unpaired) electrons. The van der Waals surface area contributed by atoms with Crippen LogP contribution < -0.4 is 9.62 Å². The Balaban J connectivity index is 2.49. The van der Waals surface area contributed by atoms with Crippen LogP contribution in [-0.2, 0) is 26.2 Å². The topological polar surface area (TPSA) is 86.8 Å². The first-order valence-electron chi connectivity index (χ1n) is 12.1. The van der Waals surface area contributed by atoms with Crippen LogP contribution in [0.15, 0.2) is 42.5 Å². The van der Waals surface area contributed by atoms with E-state index in [0.717, 1.165) is 39.2 Å². The zero-order valence-electron chi connectivity index (χ0n) is 22.0. The molecule has 2 aromatic carbocycles. The molecule has 0 bridgehead atoms. The molecule has 7 nitrogen and oxygen atoms in total. The van der Waals surface area contributed by atoms with Gasteiger partial charge in [0.05, 0.1) is 11.9 Å². The van der Waals surface area contributed by atoms with Crippen molar-refractivity contribution < 1.29 is 18.0 Å². The first kappa shape index (κ1) is 28.4. The van der Waals surface area contributed by atoms with Crippen molar-refractivity contribution in [1.82, 2.24) is 10.2 Å². The van der Waals surface area contributed by atoms with Crippen LogP contribution in [0.25, 0.3) is 0 Å². The molecule has 0 spiro atoms. The number of benzene rings is 2. The fourth-order valence-corrected chi connectivity index (χ4v) is 4.99. The molecule has 8 heteroatoms. The van der Waals surface area contributed by atoms with Crippen LogP contribution in [0.1, 0.15) is 55.9 Å². The van der Waals surface area contributed by atoms with E-state index >= 15 is 0 Å². The van der Waals surface area contributed by atoms with Crippen molar-refractivity contribution >= 4 is 27.5 Å². The summed E-state index contributed by atoms with van der Waals surface area (Å²) in [5, 5.41) is 2.98. The molecule has 2 aromatic rings. The van der Waals surface area contributed by atoms with Gasteiger partial charge < -0.3 is 10.2 Å². The Bertz CT molecular complexity index is 1110. The molecule has 1 N–H and O–H groups in total. The van der Waals surface area contributed by atoms with Gasteiger partial charge in [0.25, 0.3) is 0 Å². The minimum Gasteiger partial charge on any atom is -0.352 e. The average molecular weight is 502 g/mol. The highest BCUT2D eigenvalue weighted by molar-refractivity contribution is 7.92. The second-order valence-electron chi connectivity index (χ2n) is 9.26. The molecule has 0 aromatic heterocycles. The Morgan fingerprint density at radius 2 is 1.51 bits per heavy atom. The lowest BCUT2D eigenvalue weighted by Gasteiger charge is -2.34. The summed E-state index contributed by atoms with van der Waals surface area (Å²) < 4.78 is 26.8. The Morgan fingerprint density at radius 1 is 0.943 bits per heavy atom. The van der Waals surface area contributed by atoms with Gasteiger partial charge in [-0.15, -0.1) is 0 Å². The average Bonchev–Trinajstić information content (AvgIpc) is 2.78. The zero-order valence-corrected chi connectivity index (χ0v) is 22.8. The first-order valence-corrected chi connectivity index (χ1v) is 13.9. The van der Waals surface area contributed by atoms with Crippen molar-refractivity contribution in [2.75, 3.05) is 17.1 Å². The summed E-state index contributed by atoms with van der Waals surface area (Å²) >= 11 is 0. The SMILES string of the molecule is CC[C@@H](C)NC(=O)[C@H](CC)N(Cc1ccc(C)cc1)C(=O)CN(c1c(C)cccc1C)S(C)(=O)=O. The molecule has 2 rings (SSSR count). The molecule has 0 unspecified atom stereocenters. The minimum atomic E-state index is -3.76. The Hall–Kier alpha value is -2.87. The number of nitrogens with one attached hydrogen (secondary N) is 1. The van der Waals surface area contributed by atoms with Gasteiger partial charge in [-0.3, -0.25) is 13.9 Å². The van der Waals surface area contributed by atoms with E-state index in [4.69, 9.17) is 0 Å². The number of hydrogen-bond acceptors (Lipinski definition) is 4. The Labute approximate surface area is 210 Å². The maximum Gasteiger partial charge on any atom is 0.244 e. The summed E-state index contributed by atoms with van der Waals surface area (Å²) in [6, 6.07) is 12.5. The van der Waals surface area contributed by atoms with Crippen molar-refractivity contribution in [3.8, 4) is 0 Å². The van der Waals surface area contributed by atoms with Crippen LogP contribution in [-0.4, -0.2) is 50.0 Å². The van der Waals surface area contributed by atoms with Crippen molar-refractivity contribution in [3.05, 3.63) is 64.7 Å². The molecule has 0 aliphatic heterocycles. The molecule has 192 valence electrons. The van der Waals surface area contributed by atoms with Gasteiger partial charge in [0.1, 0.15) is 12.6 Å². The number of para-hydroxylation sites is 1. The fourth-order valence-electron chi connectivity index (χ4n) is 4.03. The number of hydrogen-bond donors (Lipinski definition) is 1. The third kappa shape index (κ3) is 7.56. The summed E-state index contributed by atoms with van der Waals surface area (Å²) in [5.41, 5.74) is 3.98. The number of nitrogens with zero attached hydrogens (tertiary/aromatic N) is 2. The molecule has 0 saturated carbocycles. The van der Waals surface area contributed by atoms with Gasteiger partial charge in [-0.2, -0.15) is 0 Å². The van der Waals surface area contributed by atoms with E-state index in [2.05, 4.69) is 5.32 Å². The van der Waals surface area contributed by atoms with Crippen LogP contribution in [0.5, 0.6) is 0 Å². The molecule has 0 fully saturated rings. The predicted molar refractivity (Wildman–Crippen MR) is 142 cm³/mol. The Morgan fingerprint density at radius 3 is 2.00 bits per heavy atom. The third-order valence-corrected chi connectivity index (χ3v) is 7.34. The Kier molecular flexibility index (Phi) is 9.89. The van der Waals surface area contributed by atoms with E-state index in [1.165, 1.54) is 4.90 Å². The molecule has 35 heavy (non-hydrogen) atoms. The minimum absolute atomic E-state index is 0.0324. The quantitative estimate of drug-likeness (QED) is 0.502. The van der Waals surface area contributed by atoms with Crippen LogP contribution in [0.3, 0.4) is 0 Å². The van der Waals surface area contributed by atoms with Crippen molar-refractivity contribution in [3.63, 3.8) is 0 Å². The van der Waals surface area contributed by atoms with Crippen LogP contribution in [0.2, 0.25) is 0 Å². The number of sulfonamides is 1. The van der Waals surface area contributed by atoms with Crippen LogP contribution in [0.4, 0.5) is 5.69 Å². The molecular weight excluding hydrogens is 462 g/mol. The van der Waals surface area contributed by atoms with E-state index in [9.17, 15) is 18.0 Å². The number of anilines is 1. The molecule has 2 atom stereocenters. The lowest BCUT2D eigenvalue weighted by atomic mass is 10.1. The van der Waals surface area contributed by atoms with Crippen molar-refractivity contribution in [1.29, 1.82) is 0 Å². The van der Waals surface area contributed by atoms with Crippen LogP contribution >= 0.6 is 0 Å². The highest BCUT2D eigenvalue weighted by Gasteiger charge is 2.32. The number of carbonyl (C=O) groups excluding carboxylic acids is 2. The van der Waals surface area contributed by atoms with Crippen LogP contribution in [0, 0.1) is 20.8 Å². The number of aryl methyl sites for hydroxylation is 3. The molecule has 2 amide bonds. The van der Waals surface area contributed by atoms with Gasteiger partial charge in [-0.05, 0) is 57.2 Å². The largest absolute Gasteiger partial charge is 0.352 e. The second-order valence-corrected chi connectivity index (χ2v) is 11.2. The van der Waals surface area contributed by atoms with Crippen molar-refractivity contribution in [2.24, 2.45) is 0 Å². The maximum absolute atomic E-state index is 13.8. The summed E-state index contributed by atoms with van der Waals surface area (Å²) in [6.45, 7) is 11.2. The lowest BCUT2D eigenvalue weighted by Crippen LogP contribution is -2.53. The van der Waals surface area contributed by atoms with E-state index < -0.39 is 22.0 Å². The second kappa shape index (κ2) is 12.2. The van der Waals surface area contributed by atoms with Crippen molar-refractivity contribution in [2.45, 2.75) is 73.0 Å². The smallest absolute Gasteiger partial charge is 0.244 e. The number of carbonyl (C=O) groups is 2. The maximum atomic E-state index is 13.8. The standard InChI is InChI=1S/C27H39N3O4S/c1-8-22(6)28-27(32)24(9-2)29(17-23-15-13-19(3)14-16-23)25(31)18-30(35(7,33)34)26-20(4)11-10-12-21(26)5/h10-16,22,24H,8-9,17-18H2,1-7H3,(H,28,32)/t22-,24+/m1/s1. The van der Waals surface area contributed by atoms with E-state index in [1.807, 2.05) is 84.0 Å². The van der Waals surface area contributed by atoms with E-state index in [-0.39, 0.29) is 25.0 Å². The van der Waals surface area contributed by atoms with Gasteiger partial charge in [0.15, 0.2) is 0 Å². The molecule has 0 aliphatic carbocycles. The normalized spacial score (nSPS) is 13.1. The summed E-state index contributed by atoms with van der Waals surface area (Å²) in [5.74, 6) is -0.662. The predicted octanol–water partition coefficient (Wildman–Crippen LogP) is 4.10. The first-order chi connectivity index (χ1) is 16.4. The molecule has 0 aliphatic rings. The molecule has 0 heterocycles. The third-order valence-electron chi connectivity index (χ3n) is 6.23. The van der Waals surface area contributed by atoms with E-state index in [0.29, 0.717) is 12.1 Å². The summed E-state index contributed by atoms with van der Waals surface area (Å²) in [4.78, 5) is 28.4. The zero-order chi connectivity index (χ0) is 26.3. The molecule has 0 saturated heterocycles. The van der Waals surface area contributed by atoms with Gasteiger partial charge in [-0.1, -0.05) is 61.9 Å². The monoisotopic (exact) mass is 501 g/mol. The van der Waals surface area contributed by atoms with Gasteiger partial charge in [0.2, 0.25) is 21.8 Å².